The van der Waals surface area contributed by atoms with Gasteiger partial charge in [0.2, 0.25) is 0 Å². The van der Waals surface area contributed by atoms with Crippen molar-refractivity contribution in [3.05, 3.63) is 30.6 Å². The first-order chi connectivity index (χ1) is 5.67. The van der Waals surface area contributed by atoms with E-state index in [2.05, 4.69) is 12.2 Å². The zero-order valence-electron chi connectivity index (χ0n) is 5.90. The standard InChI is InChI=1S/C5H5NP2S4/c9-7-12-8(10,11)6-4-2-1-3-5-6/h1-5H/p+1. The van der Waals surface area contributed by atoms with Crippen molar-refractivity contribution in [2.24, 2.45) is 0 Å². The van der Waals surface area contributed by atoms with Crippen molar-refractivity contribution >= 4 is 58.0 Å². The molecule has 0 aliphatic rings. The highest BCUT2D eigenvalue weighted by molar-refractivity contribution is 9.07. The first-order valence-electron chi connectivity index (χ1n) is 2.98. The van der Waals surface area contributed by atoms with Crippen LogP contribution in [0, 0.1) is 0 Å². The lowest BCUT2D eigenvalue weighted by atomic mass is 10.5. The molecule has 0 spiro atoms. The second-order valence-electron chi connectivity index (χ2n) is 1.90. The SMILES string of the molecule is S=PSP(=S)(S)[n+]1ccccc1. The van der Waals surface area contributed by atoms with Crippen molar-refractivity contribution in [2.75, 3.05) is 0 Å². The molecule has 1 heterocycles. The highest BCUT2D eigenvalue weighted by Gasteiger charge is 2.22. The van der Waals surface area contributed by atoms with Crippen LogP contribution in [0.1, 0.15) is 0 Å². The molecule has 0 bridgehead atoms. The van der Waals surface area contributed by atoms with Gasteiger partial charge in [0.25, 0.3) is 0 Å². The van der Waals surface area contributed by atoms with Crippen molar-refractivity contribution in [3.63, 3.8) is 0 Å². The van der Waals surface area contributed by atoms with E-state index in [0.29, 0.717) is 0 Å². The van der Waals surface area contributed by atoms with Gasteiger partial charge in [-0.15, -0.1) is 0 Å². The molecule has 1 rings (SSSR count). The van der Waals surface area contributed by atoms with Gasteiger partial charge < -0.3 is 0 Å². The lowest BCUT2D eigenvalue weighted by Crippen LogP contribution is -2.24. The predicted octanol–water partition coefficient (Wildman–Crippen LogP) is 3.03. The molecule has 0 radical (unpaired) electrons. The Bertz CT molecular complexity index is 314. The number of rotatable bonds is 3. The van der Waals surface area contributed by atoms with Gasteiger partial charge in [0.15, 0.2) is 12.4 Å². The lowest BCUT2D eigenvalue weighted by molar-refractivity contribution is -0.504. The second-order valence-corrected chi connectivity index (χ2v) is 14.6. The Morgan fingerprint density at radius 3 is 2.42 bits per heavy atom. The molecule has 0 aliphatic heterocycles. The van der Waals surface area contributed by atoms with Gasteiger partial charge in [-0.1, -0.05) is 18.3 Å². The van der Waals surface area contributed by atoms with Gasteiger partial charge in [-0.3, -0.25) is 0 Å². The van der Waals surface area contributed by atoms with Gasteiger partial charge in [-0.2, -0.15) is 4.34 Å². The summed E-state index contributed by atoms with van der Waals surface area (Å²) in [6, 6.07) is 5.84. The van der Waals surface area contributed by atoms with Crippen LogP contribution in [0.25, 0.3) is 0 Å². The van der Waals surface area contributed by atoms with Crippen molar-refractivity contribution in [1.29, 1.82) is 0 Å². The minimum Gasteiger partial charge on any atom is -0.169 e. The first-order valence-corrected chi connectivity index (χ1v) is 10.8. The quantitative estimate of drug-likeness (QED) is 0.665. The lowest BCUT2D eigenvalue weighted by Gasteiger charge is -2.03. The summed E-state index contributed by atoms with van der Waals surface area (Å²) in [5.74, 6) is 0. The Morgan fingerprint density at radius 1 is 1.33 bits per heavy atom. The van der Waals surface area contributed by atoms with E-state index in [1.807, 2.05) is 34.9 Å². The highest BCUT2D eigenvalue weighted by atomic mass is 33.4. The van der Waals surface area contributed by atoms with Gasteiger partial charge in [0, 0.05) is 23.1 Å². The maximum Gasteiger partial charge on any atom is 0.307 e. The largest absolute Gasteiger partial charge is 0.307 e. The third-order valence-corrected chi connectivity index (χ3v) is 12.9. The molecule has 0 aromatic carbocycles. The number of thiol groups is 1. The van der Waals surface area contributed by atoms with Gasteiger partial charge in [-0.05, 0) is 23.6 Å². The zero-order chi connectivity index (χ0) is 9.03. The van der Waals surface area contributed by atoms with Crippen molar-refractivity contribution in [1.82, 2.24) is 0 Å². The van der Waals surface area contributed by atoms with Crippen molar-refractivity contribution in [2.45, 2.75) is 0 Å². The van der Waals surface area contributed by atoms with Crippen LogP contribution in [-0.2, 0) is 23.6 Å². The van der Waals surface area contributed by atoms with E-state index in [4.69, 9.17) is 23.6 Å². The molecule has 0 fully saturated rings. The summed E-state index contributed by atoms with van der Waals surface area (Å²) >= 11 is 16.1. The summed E-state index contributed by atoms with van der Waals surface area (Å²) in [5, 5.41) is 0. The molecular weight excluding hydrogens is 264 g/mol. The average molecular weight is 270 g/mol. The molecule has 12 heavy (non-hydrogen) atoms. The fraction of sp³-hybridized carbons (Fsp3) is 0. The molecule has 0 saturated carbocycles. The molecule has 0 N–H and O–H groups in total. The molecule has 7 heteroatoms. The zero-order valence-corrected chi connectivity index (χ0v) is 11.0. The molecule has 1 aromatic rings. The van der Waals surface area contributed by atoms with E-state index in [0.717, 1.165) is 6.56 Å². The minimum atomic E-state index is -1.80. The van der Waals surface area contributed by atoms with Crippen LogP contribution in [0.4, 0.5) is 0 Å². The summed E-state index contributed by atoms with van der Waals surface area (Å²) in [4.78, 5) is 0. The van der Waals surface area contributed by atoms with E-state index >= 15 is 0 Å². The van der Waals surface area contributed by atoms with Gasteiger partial charge in [0.1, 0.15) is 0 Å². The molecule has 1 nitrogen and oxygen atoms in total. The van der Waals surface area contributed by atoms with Crippen LogP contribution >= 0.6 is 34.4 Å². The number of pyridine rings is 1. The fourth-order valence-corrected chi connectivity index (χ4v) is 11.3. The van der Waals surface area contributed by atoms with Crippen LogP contribution in [-0.4, -0.2) is 0 Å². The number of hydrogen-bond donors (Lipinski definition) is 1. The normalized spacial score (nSPS) is 15.8. The van der Waals surface area contributed by atoms with E-state index in [-0.39, 0.29) is 0 Å². The van der Waals surface area contributed by atoms with Crippen molar-refractivity contribution < 1.29 is 4.34 Å². The summed E-state index contributed by atoms with van der Waals surface area (Å²) in [6.45, 7) is 0.817. The van der Waals surface area contributed by atoms with Gasteiger partial charge >= 0.3 is 4.59 Å². The molecule has 64 valence electrons. The summed E-state index contributed by atoms with van der Waals surface area (Å²) < 4.78 is 0.153. The summed E-state index contributed by atoms with van der Waals surface area (Å²) in [5.41, 5.74) is 0. The summed E-state index contributed by atoms with van der Waals surface area (Å²) in [7, 11) is 0. The first kappa shape index (κ1) is 11.1. The van der Waals surface area contributed by atoms with E-state index in [1.165, 1.54) is 11.0 Å². The van der Waals surface area contributed by atoms with Crippen LogP contribution in [0.2, 0.25) is 0 Å². The van der Waals surface area contributed by atoms with E-state index < -0.39 is 4.59 Å². The highest BCUT2D eigenvalue weighted by Crippen LogP contribution is 2.63. The molecule has 1 atom stereocenters. The number of nitrogens with zero attached hydrogens (tertiary/aromatic N) is 1. The molecule has 0 amide bonds. The monoisotopic (exact) mass is 270 g/mol. The Balaban J connectivity index is 2.98. The maximum absolute atomic E-state index is 5.34. The molecule has 0 aliphatic carbocycles. The van der Waals surface area contributed by atoms with Gasteiger partial charge in [0.05, 0.1) is 6.56 Å². The Morgan fingerprint density at radius 2 is 1.92 bits per heavy atom. The molecule has 1 aromatic heterocycles. The van der Waals surface area contributed by atoms with Gasteiger partial charge in [-0.25, -0.2) is 0 Å². The third kappa shape index (κ3) is 3.06. The molecular formula is C5H6NP2S4+. The van der Waals surface area contributed by atoms with Crippen LogP contribution < -0.4 is 4.34 Å². The number of hydrogen-bond acceptors (Lipinski definition) is 3. The Hall–Kier alpha value is 1.02. The fourth-order valence-electron chi connectivity index (χ4n) is 0.644. The van der Waals surface area contributed by atoms with Crippen LogP contribution in [0.3, 0.4) is 0 Å². The second kappa shape index (κ2) is 5.04. The van der Waals surface area contributed by atoms with E-state index in [9.17, 15) is 0 Å². The number of aromatic nitrogens is 1. The molecule has 1 unspecified atom stereocenters. The Labute approximate surface area is 92.5 Å². The topological polar surface area (TPSA) is 3.88 Å². The van der Waals surface area contributed by atoms with E-state index in [1.54, 1.807) is 0 Å². The Kier molecular flexibility index (Phi) is 4.66. The molecule has 0 saturated heterocycles. The predicted molar refractivity (Wildman–Crippen MR) is 67.2 cm³/mol. The van der Waals surface area contributed by atoms with Crippen LogP contribution in [0.5, 0.6) is 0 Å². The minimum absolute atomic E-state index is 0.817. The average Bonchev–Trinajstić information content (AvgIpc) is 2.06. The smallest absolute Gasteiger partial charge is 0.169 e. The summed E-state index contributed by atoms with van der Waals surface area (Å²) in [6.07, 6.45) is 3.86. The third-order valence-electron chi connectivity index (χ3n) is 1.13. The van der Waals surface area contributed by atoms with Crippen molar-refractivity contribution in [3.8, 4) is 0 Å². The van der Waals surface area contributed by atoms with Crippen LogP contribution in [0.15, 0.2) is 30.6 Å². The maximum atomic E-state index is 5.34.